The minimum atomic E-state index is -4.39. The predicted molar refractivity (Wildman–Crippen MR) is 84.0 cm³/mol. The van der Waals surface area contributed by atoms with E-state index in [4.69, 9.17) is 9.94 Å². The molecule has 0 saturated heterocycles. The van der Waals surface area contributed by atoms with Crippen LogP contribution in [0.15, 0.2) is 29.4 Å². The Morgan fingerprint density at radius 2 is 1.83 bits per heavy atom. The molecular formula is C16H21F3N2O3. The van der Waals surface area contributed by atoms with Gasteiger partial charge in [-0.2, -0.15) is 13.2 Å². The van der Waals surface area contributed by atoms with E-state index in [0.717, 1.165) is 12.1 Å². The number of unbranched alkanes of at least 4 members (excludes halogenated alkanes) is 1. The van der Waals surface area contributed by atoms with Gasteiger partial charge in [0, 0.05) is 13.0 Å². The standard InChI is InChI=1S/C16H21F3N2O3/c1-20-10-11-24-21-14(4-2-3-5-15(22)23)12-6-8-13(9-7-12)16(17,18)19/h6-9,20H,2-5,10-11H2,1H3,(H,22,23)/b21-14+. The second kappa shape index (κ2) is 9.92. The molecule has 8 heteroatoms. The number of likely N-dealkylation sites (N-methyl/N-ethyl adjacent to an activating group) is 1. The molecule has 2 N–H and O–H groups in total. The van der Waals surface area contributed by atoms with Gasteiger partial charge in [0.2, 0.25) is 0 Å². The smallest absolute Gasteiger partial charge is 0.416 e. The van der Waals surface area contributed by atoms with E-state index in [-0.39, 0.29) is 6.42 Å². The van der Waals surface area contributed by atoms with Crippen LogP contribution in [-0.2, 0) is 15.8 Å². The zero-order chi connectivity index (χ0) is 18.0. The molecule has 134 valence electrons. The summed E-state index contributed by atoms with van der Waals surface area (Å²) in [5.74, 6) is -0.881. The Labute approximate surface area is 138 Å². The molecule has 0 aromatic heterocycles. The van der Waals surface area contributed by atoms with Crippen molar-refractivity contribution in [2.75, 3.05) is 20.2 Å². The maximum atomic E-state index is 12.6. The average molecular weight is 346 g/mol. The van der Waals surface area contributed by atoms with Gasteiger partial charge in [-0.25, -0.2) is 0 Å². The summed E-state index contributed by atoms with van der Waals surface area (Å²) in [6.45, 7) is 0.915. The monoisotopic (exact) mass is 346 g/mol. The molecule has 1 aromatic rings. The Morgan fingerprint density at radius 1 is 1.21 bits per heavy atom. The van der Waals surface area contributed by atoms with E-state index < -0.39 is 17.7 Å². The number of halogens is 3. The van der Waals surface area contributed by atoms with Crippen LogP contribution in [0.1, 0.15) is 36.8 Å². The van der Waals surface area contributed by atoms with E-state index in [1.807, 2.05) is 0 Å². The molecule has 5 nitrogen and oxygen atoms in total. The van der Waals surface area contributed by atoms with Gasteiger partial charge in [-0.3, -0.25) is 4.79 Å². The molecule has 0 fully saturated rings. The maximum Gasteiger partial charge on any atom is 0.416 e. The number of carboxylic acid groups (broad SMARTS) is 1. The highest BCUT2D eigenvalue weighted by Gasteiger charge is 2.30. The first kappa shape index (κ1) is 20.0. The number of rotatable bonds is 10. The SMILES string of the molecule is CNCCO/N=C(\CCCCC(=O)O)c1ccc(C(F)(F)F)cc1. The molecule has 0 aliphatic carbocycles. The fourth-order valence-electron chi connectivity index (χ4n) is 1.93. The number of hydrogen-bond donors (Lipinski definition) is 2. The van der Waals surface area contributed by atoms with Crippen molar-refractivity contribution in [2.45, 2.75) is 31.9 Å². The molecule has 0 bridgehead atoms. The lowest BCUT2D eigenvalue weighted by Crippen LogP contribution is -2.13. The lowest BCUT2D eigenvalue weighted by molar-refractivity contribution is -0.138. The average Bonchev–Trinajstić information content (AvgIpc) is 2.52. The number of nitrogens with zero attached hydrogens (tertiary/aromatic N) is 1. The van der Waals surface area contributed by atoms with Crippen molar-refractivity contribution in [3.8, 4) is 0 Å². The van der Waals surface area contributed by atoms with E-state index in [2.05, 4.69) is 10.5 Å². The molecule has 0 unspecified atom stereocenters. The lowest BCUT2D eigenvalue weighted by Gasteiger charge is -2.10. The molecule has 0 aliphatic heterocycles. The van der Waals surface area contributed by atoms with Gasteiger partial charge in [-0.15, -0.1) is 0 Å². The third kappa shape index (κ3) is 7.45. The van der Waals surface area contributed by atoms with E-state index in [0.29, 0.717) is 43.7 Å². The molecule has 0 heterocycles. The molecule has 0 aliphatic rings. The molecule has 24 heavy (non-hydrogen) atoms. The fraction of sp³-hybridized carbons (Fsp3) is 0.500. The van der Waals surface area contributed by atoms with Gasteiger partial charge in [0.25, 0.3) is 0 Å². The van der Waals surface area contributed by atoms with Crippen molar-refractivity contribution in [1.29, 1.82) is 0 Å². The van der Waals surface area contributed by atoms with Gasteiger partial charge < -0.3 is 15.3 Å². The van der Waals surface area contributed by atoms with Crippen molar-refractivity contribution in [2.24, 2.45) is 5.16 Å². The first-order valence-corrected chi connectivity index (χ1v) is 7.57. The van der Waals surface area contributed by atoms with Crippen LogP contribution in [-0.4, -0.2) is 37.0 Å². The van der Waals surface area contributed by atoms with Crippen molar-refractivity contribution in [3.05, 3.63) is 35.4 Å². The number of benzene rings is 1. The Hall–Kier alpha value is -2.09. The number of nitrogens with one attached hydrogen (secondary N) is 1. The summed E-state index contributed by atoms with van der Waals surface area (Å²) in [5, 5.41) is 15.5. The summed E-state index contributed by atoms with van der Waals surface area (Å²) in [6, 6.07) is 4.69. The first-order valence-electron chi connectivity index (χ1n) is 7.57. The molecular weight excluding hydrogens is 325 g/mol. The minimum Gasteiger partial charge on any atom is -0.481 e. The van der Waals surface area contributed by atoms with Crippen molar-refractivity contribution in [3.63, 3.8) is 0 Å². The number of oxime groups is 1. The van der Waals surface area contributed by atoms with Crippen LogP contribution in [0.4, 0.5) is 13.2 Å². The summed E-state index contributed by atoms with van der Waals surface area (Å²) in [6.07, 6.45) is -2.90. The van der Waals surface area contributed by atoms with Crippen molar-refractivity contribution < 1.29 is 27.9 Å². The van der Waals surface area contributed by atoms with E-state index in [1.54, 1.807) is 7.05 Å². The number of carbonyl (C=O) groups is 1. The zero-order valence-corrected chi connectivity index (χ0v) is 13.4. The van der Waals surface area contributed by atoms with Gasteiger partial charge in [-0.1, -0.05) is 17.3 Å². The topological polar surface area (TPSA) is 70.9 Å². The number of carboxylic acids is 1. The van der Waals surface area contributed by atoms with Crippen LogP contribution in [0.2, 0.25) is 0 Å². The summed E-state index contributed by atoms with van der Waals surface area (Å²) in [7, 11) is 1.76. The lowest BCUT2D eigenvalue weighted by atomic mass is 10.0. The van der Waals surface area contributed by atoms with Crippen molar-refractivity contribution in [1.82, 2.24) is 5.32 Å². The Balaban J connectivity index is 2.77. The third-order valence-corrected chi connectivity index (χ3v) is 3.22. The highest BCUT2D eigenvalue weighted by molar-refractivity contribution is 6.00. The quantitative estimate of drug-likeness (QED) is 0.387. The van der Waals surface area contributed by atoms with Crippen LogP contribution in [0.5, 0.6) is 0 Å². The van der Waals surface area contributed by atoms with Crippen LogP contribution < -0.4 is 5.32 Å². The summed E-state index contributed by atoms with van der Waals surface area (Å²) >= 11 is 0. The molecule has 0 saturated carbocycles. The molecule has 1 rings (SSSR count). The molecule has 0 amide bonds. The summed E-state index contributed by atoms with van der Waals surface area (Å²) in [5.41, 5.74) is 0.306. The van der Waals surface area contributed by atoms with Gasteiger partial charge in [-0.05, 0) is 44.0 Å². The Bertz CT molecular complexity index is 542. The minimum absolute atomic E-state index is 0.0426. The largest absolute Gasteiger partial charge is 0.481 e. The highest BCUT2D eigenvalue weighted by atomic mass is 19.4. The number of hydrogen-bond acceptors (Lipinski definition) is 4. The van der Waals surface area contributed by atoms with Gasteiger partial charge in [0.1, 0.15) is 6.61 Å². The molecule has 1 aromatic carbocycles. The van der Waals surface area contributed by atoms with Gasteiger partial charge in [0.15, 0.2) is 0 Å². The maximum absolute atomic E-state index is 12.6. The zero-order valence-electron chi connectivity index (χ0n) is 13.4. The molecule has 0 radical (unpaired) electrons. The van der Waals surface area contributed by atoms with Gasteiger partial charge in [0.05, 0.1) is 11.3 Å². The number of alkyl halides is 3. The molecule has 0 atom stereocenters. The van der Waals surface area contributed by atoms with E-state index in [9.17, 15) is 18.0 Å². The van der Waals surface area contributed by atoms with Crippen molar-refractivity contribution >= 4 is 11.7 Å². The van der Waals surface area contributed by atoms with Gasteiger partial charge >= 0.3 is 12.1 Å². The van der Waals surface area contributed by atoms with E-state index in [1.165, 1.54) is 12.1 Å². The first-order chi connectivity index (χ1) is 11.3. The van der Waals surface area contributed by atoms with E-state index >= 15 is 0 Å². The fourth-order valence-corrected chi connectivity index (χ4v) is 1.93. The van der Waals surface area contributed by atoms with Crippen LogP contribution in [0.3, 0.4) is 0 Å². The van der Waals surface area contributed by atoms with Crippen LogP contribution >= 0.6 is 0 Å². The Kier molecular flexibility index (Phi) is 8.25. The second-order valence-electron chi connectivity index (χ2n) is 5.15. The molecule has 0 spiro atoms. The summed E-state index contributed by atoms with van der Waals surface area (Å²) in [4.78, 5) is 15.7. The van der Waals surface area contributed by atoms with Crippen LogP contribution in [0, 0.1) is 0 Å². The number of aliphatic carboxylic acids is 1. The normalized spacial score (nSPS) is 12.2. The third-order valence-electron chi connectivity index (χ3n) is 3.22. The second-order valence-corrected chi connectivity index (χ2v) is 5.15. The predicted octanol–water partition coefficient (Wildman–Crippen LogP) is 3.29. The summed E-state index contributed by atoms with van der Waals surface area (Å²) < 4.78 is 37.8. The van der Waals surface area contributed by atoms with Crippen LogP contribution in [0.25, 0.3) is 0 Å². The Morgan fingerprint density at radius 3 is 2.38 bits per heavy atom. The highest BCUT2D eigenvalue weighted by Crippen LogP contribution is 2.29.